The molecule has 0 atom stereocenters. The number of anilines is 1. The summed E-state index contributed by atoms with van der Waals surface area (Å²) in [6, 6.07) is 15.7. The van der Waals surface area contributed by atoms with Crippen molar-refractivity contribution in [1.29, 1.82) is 0 Å². The van der Waals surface area contributed by atoms with Gasteiger partial charge >= 0.3 is 0 Å². The molecule has 5 nitrogen and oxygen atoms in total. The minimum absolute atomic E-state index is 0.159. The predicted molar refractivity (Wildman–Crippen MR) is 109 cm³/mol. The Kier molecular flexibility index (Phi) is 4.98. The van der Waals surface area contributed by atoms with E-state index in [0.29, 0.717) is 13.0 Å². The lowest BCUT2D eigenvalue weighted by atomic mass is 10.2. The molecule has 136 valence electrons. The van der Waals surface area contributed by atoms with Crippen molar-refractivity contribution in [2.75, 3.05) is 11.4 Å². The minimum atomic E-state index is -0.159. The summed E-state index contributed by atoms with van der Waals surface area (Å²) in [4.78, 5) is 30.1. The van der Waals surface area contributed by atoms with Crippen molar-refractivity contribution in [3.05, 3.63) is 65.2 Å². The van der Waals surface area contributed by atoms with Crippen LogP contribution in [0.5, 0.6) is 0 Å². The fourth-order valence-electron chi connectivity index (χ4n) is 3.07. The van der Waals surface area contributed by atoms with Crippen LogP contribution in [0.1, 0.15) is 23.4 Å². The molecule has 2 amide bonds. The summed E-state index contributed by atoms with van der Waals surface area (Å²) < 4.78 is 1.11. The molecule has 27 heavy (non-hydrogen) atoms. The third-order valence-corrected chi connectivity index (χ3v) is 5.48. The zero-order valence-electron chi connectivity index (χ0n) is 14.7. The van der Waals surface area contributed by atoms with Gasteiger partial charge in [-0.05, 0) is 42.3 Å². The molecule has 6 heteroatoms. The van der Waals surface area contributed by atoms with Gasteiger partial charge in [0.15, 0.2) is 0 Å². The van der Waals surface area contributed by atoms with Gasteiger partial charge < -0.3 is 10.2 Å². The number of rotatable bonds is 5. The first-order valence-electron chi connectivity index (χ1n) is 8.90. The SMILES string of the molecule is O=C(/C=C/c1nc2ccccc2s1)NCc1ccc(N2CCCC2=O)cc1. The van der Waals surface area contributed by atoms with E-state index < -0.39 is 0 Å². The molecule has 0 saturated carbocycles. The van der Waals surface area contributed by atoms with E-state index in [-0.39, 0.29) is 11.8 Å². The van der Waals surface area contributed by atoms with E-state index in [9.17, 15) is 9.59 Å². The summed E-state index contributed by atoms with van der Waals surface area (Å²) in [5.41, 5.74) is 2.86. The maximum atomic E-state index is 12.0. The van der Waals surface area contributed by atoms with Crippen molar-refractivity contribution in [3.8, 4) is 0 Å². The van der Waals surface area contributed by atoms with Gasteiger partial charge in [0.1, 0.15) is 5.01 Å². The summed E-state index contributed by atoms with van der Waals surface area (Å²) in [6.45, 7) is 1.22. The first-order valence-corrected chi connectivity index (χ1v) is 9.71. The summed E-state index contributed by atoms with van der Waals surface area (Å²) >= 11 is 1.56. The number of hydrogen-bond donors (Lipinski definition) is 1. The first kappa shape index (κ1) is 17.4. The van der Waals surface area contributed by atoms with Crippen LogP contribution < -0.4 is 10.2 Å². The van der Waals surface area contributed by atoms with E-state index >= 15 is 0 Å². The highest BCUT2D eigenvalue weighted by Crippen LogP contribution is 2.23. The van der Waals surface area contributed by atoms with Crippen LogP contribution in [-0.4, -0.2) is 23.3 Å². The second kappa shape index (κ2) is 7.72. The fourth-order valence-corrected chi connectivity index (χ4v) is 3.94. The maximum absolute atomic E-state index is 12.0. The number of nitrogens with zero attached hydrogens (tertiary/aromatic N) is 2. The molecule has 3 aromatic rings. The molecule has 0 bridgehead atoms. The van der Waals surface area contributed by atoms with Crippen molar-refractivity contribution in [2.45, 2.75) is 19.4 Å². The fraction of sp³-hybridized carbons (Fsp3) is 0.190. The van der Waals surface area contributed by atoms with Crippen LogP contribution in [0.3, 0.4) is 0 Å². The van der Waals surface area contributed by atoms with Gasteiger partial charge in [-0.25, -0.2) is 4.98 Å². The molecule has 4 rings (SSSR count). The van der Waals surface area contributed by atoms with Crippen molar-refractivity contribution < 1.29 is 9.59 Å². The number of hydrogen-bond acceptors (Lipinski definition) is 4. The zero-order valence-corrected chi connectivity index (χ0v) is 15.5. The Labute approximate surface area is 161 Å². The van der Waals surface area contributed by atoms with E-state index in [1.54, 1.807) is 17.4 Å². The van der Waals surface area contributed by atoms with E-state index in [2.05, 4.69) is 10.3 Å². The number of fused-ring (bicyclic) bond motifs is 1. The topological polar surface area (TPSA) is 62.3 Å². The van der Waals surface area contributed by atoms with E-state index in [1.165, 1.54) is 6.08 Å². The van der Waals surface area contributed by atoms with Gasteiger partial charge in [0.2, 0.25) is 11.8 Å². The van der Waals surface area contributed by atoms with Crippen LogP contribution in [0.15, 0.2) is 54.6 Å². The predicted octanol–water partition coefficient (Wildman–Crippen LogP) is 3.75. The van der Waals surface area contributed by atoms with E-state index in [0.717, 1.165) is 39.4 Å². The standard InChI is InChI=1S/C21H19N3O2S/c25-19(11-12-20-23-17-4-1-2-5-18(17)27-20)22-14-15-7-9-16(10-8-15)24-13-3-6-21(24)26/h1-2,4-5,7-12H,3,6,13-14H2,(H,22,25)/b12-11+. The number of nitrogens with one attached hydrogen (secondary N) is 1. The molecule has 0 unspecified atom stereocenters. The lowest BCUT2D eigenvalue weighted by Crippen LogP contribution is -2.23. The van der Waals surface area contributed by atoms with E-state index in [4.69, 9.17) is 0 Å². The van der Waals surface area contributed by atoms with Crippen LogP contribution in [0.4, 0.5) is 5.69 Å². The molecular weight excluding hydrogens is 358 g/mol. The Morgan fingerprint density at radius 3 is 2.74 bits per heavy atom. The van der Waals surface area contributed by atoms with Gasteiger partial charge in [-0.3, -0.25) is 9.59 Å². The highest BCUT2D eigenvalue weighted by atomic mass is 32.1. The quantitative estimate of drug-likeness (QED) is 0.689. The molecule has 0 radical (unpaired) electrons. The lowest BCUT2D eigenvalue weighted by molar-refractivity contribution is -0.117. The maximum Gasteiger partial charge on any atom is 0.244 e. The average Bonchev–Trinajstić information content (AvgIpc) is 3.30. The summed E-state index contributed by atoms with van der Waals surface area (Å²) in [5, 5.41) is 3.68. The second-order valence-electron chi connectivity index (χ2n) is 6.39. The normalized spacial score (nSPS) is 14.4. The smallest absolute Gasteiger partial charge is 0.244 e. The summed E-state index contributed by atoms with van der Waals surface area (Å²) in [7, 11) is 0. The van der Waals surface area contributed by atoms with Crippen LogP contribution in [0.25, 0.3) is 16.3 Å². The Morgan fingerprint density at radius 2 is 2.00 bits per heavy atom. The highest BCUT2D eigenvalue weighted by molar-refractivity contribution is 7.19. The van der Waals surface area contributed by atoms with Crippen LogP contribution in [0, 0.1) is 0 Å². The molecule has 1 aliphatic heterocycles. The summed E-state index contributed by atoms with van der Waals surface area (Å²) in [5.74, 6) is 0.0177. The molecule has 0 spiro atoms. The first-order chi connectivity index (χ1) is 13.2. The minimum Gasteiger partial charge on any atom is -0.348 e. The number of benzene rings is 2. The summed E-state index contributed by atoms with van der Waals surface area (Å²) in [6.07, 6.45) is 4.79. The number of aromatic nitrogens is 1. The van der Waals surface area contributed by atoms with Gasteiger partial charge in [-0.15, -0.1) is 11.3 Å². The average molecular weight is 377 g/mol. The third-order valence-electron chi connectivity index (χ3n) is 4.48. The Balaban J connectivity index is 1.32. The number of thiazole rings is 1. The van der Waals surface area contributed by atoms with Gasteiger partial charge in [-0.1, -0.05) is 24.3 Å². The zero-order chi connectivity index (χ0) is 18.6. The highest BCUT2D eigenvalue weighted by Gasteiger charge is 2.21. The van der Waals surface area contributed by atoms with Crippen molar-refractivity contribution in [2.24, 2.45) is 0 Å². The van der Waals surface area contributed by atoms with Crippen LogP contribution in [0.2, 0.25) is 0 Å². The Bertz CT molecular complexity index is 975. The molecule has 1 aliphatic rings. The largest absolute Gasteiger partial charge is 0.348 e. The molecule has 0 aliphatic carbocycles. The number of carbonyl (C=O) groups is 2. The molecule has 1 fully saturated rings. The molecule has 1 aromatic heterocycles. The number of amides is 2. The third kappa shape index (κ3) is 4.06. The molecule has 2 heterocycles. The van der Waals surface area contributed by atoms with Crippen LogP contribution >= 0.6 is 11.3 Å². The Morgan fingerprint density at radius 1 is 1.19 bits per heavy atom. The lowest BCUT2D eigenvalue weighted by Gasteiger charge is -2.15. The second-order valence-corrected chi connectivity index (χ2v) is 7.45. The van der Waals surface area contributed by atoms with Crippen molar-refractivity contribution in [1.82, 2.24) is 10.3 Å². The molecule has 1 saturated heterocycles. The monoisotopic (exact) mass is 377 g/mol. The van der Waals surface area contributed by atoms with Gasteiger partial charge in [0, 0.05) is 31.3 Å². The van der Waals surface area contributed by atoms with Crippen molar-refractivity contribution >= 4 is 45.1 Å². The molecular formula is C21H19N3O2S. The Hall–Kier alpha value is -2.99. The van der Waals surface area contributed by atoms with Gasteiger partial charge in [0.05, 0.1) is 10.2 Å². The van der Waals surface area contributed by atoms with E-state index in [1.807, 2.05) is 53.4 Å². The van der Waals surface area contributed by atoms with Crippen molar-refractivity contribution in [3.63, 3.8) is 0 Å². The van der Waals surface area contributed by atoms with Gasteiger partial charge in [0.25, 0.3) is 0 Å². The number of carbonyl (C=O) groups excluding carboxylic acids is 2. The van der Waals surface area contributed by atoms with Crippen LogP contribution in [-0.2, 0) is 16.1 Å². The van der Waals surface area contributed by atoms with Gasteiger partial charge in [-0.2, -0.15) is 0 Å². The number of para-hydroxylation sites is 1. The molecule has 2 aromatic carbocycles. The molecule has 1 N–H and O–H groups in total.